The highest BCUT2D eigenvalue weighted by Gasteiger charge is 2.18. The molecule has 0 N–H and O–H groups in total. The first kappa shape index (κ1) is 16.7. The predicted octanol–water partition coefficient (Wildman–Crippen LogP) is 4.52. The summed E-state index contributed by atoms with van der Waals surface area (Å²) in [5.74, 6) is 0.818. The number of pyridine rings is 1. The topological polar surface area (TPSA) is 69.4 Å². The van der Waals surface area contributed by atoms with E-state index in [4.69, 9.17) is 9.15 Å². The van der Waals surface area contributed by atoms with Gasteiger partial charge < -0.3 is 9.15 Å². The number of rotatable bonds is 4. The molecule has 0 atom stereocenters. The number of hydrogen-bond donors (Lipinski definition) is 0. The van der Waals surface area contributed by atoms with Crippen molar-refractivity contribution in [1.29, 1.82) is 0 Å². The van der Waals surface area contributed by atoms with Gasteiger partial charge in [0.2, 0.25) is 11.2 Å². The number of carbonyl (C=O) groups is 1. The van der Waals surface area contributed by atoms with Crippen LogP contribution in [0.25, 0.3) is 11.0 Å². The summed E-state index contributed by atoms with van der Waals surface area (Å²) in [6.45, 7) is 1.73. The van der Waals surface area contributed by atoms with E-state index in [0.717, 1.165) is 0 Å². The van der Waals surface area contributed by atoms with Gasteiger partial charge in [0.1, 0.15) is 28.9 Å². The smallest absolute Gasteiger partial charge is 0.203 e. The summed E-state index contributed by atoms with van der Waals surface area (Å²) < 4.78 is 11.3. The third kappa shape index (κ3) is 3.22. The minimum Gasteiger partial charge on any atom is -0.463 e. The molecule has 4 aromatic rings. The maximum atomic E-state index is 12.8. The maximum absolute atomic E-state index is 12.8. The van der Waals surface area contributed by atoms with E-state index in [1.54, 1.807) is 43.5 Å². The number of hydrogen-bond acceptors (Lipinski definition) is 5. The molecule has 0 saturated heterocycles. The lowest BCUT2D eigenvalue weighted by molar-refractivity contribution is 0.103. The molecule has 2 aromatic heterocycles. The minimum atomic E-state index is -0.402. The zero-order chi connectivity index (χ0) is 18.8. The van der Waals surface area contributed by atoms with Crippen molar-refractivity contribution in [2.45, 2.75) is 6.92 Å². The molecule has 2 aromatic carbocycles. The lowest BCUT2D eigenvalue weighted by atomic mass is 10.0. The standard InChI is InChI=1S/C22H15NO4/c1-14-17(8-5-11-23-14)21(24)19-13-26-20-12-16(9-10-18(20)22(19)25)27-15-6-3-2-4-7-15/h2-13H,1H3. The molecular formula is C22H15NO4. The van der Waals surface area contributed by atoms with Crippen molar-refractivity contribution < 1.29 is 13.9 Å². The second-order valence-corrected chi connectivity index (χ2v) is 6.02. The van der Waals surface area contributed by atoms with Crippen molar-refractivity contribution in [2.75, 3.05) is 0 Å². The number of carbonyl (C=O) groups excluding carboxylic acids is 1. The third-order valence-corrected chi connectivity index (χ3v) is 4.22. The Hall–Kier alpha value is -3.73. The third-order valence-electron chi connectivity index (χ3n) is 4.22. The highest BCUT2D eigenvalue weighted by Crippen LogP contribution is 2.25. The van der Waals surface area contributed by atoms with E-state index < -0.39 is 5.78 Å². The Bertz CT molecular complexity index is 1200. The Balaban J connectivity index is 1.73. The van der Waals surface area contributed by atoms with Crippen molar-refractivity contribution >= 4 is 16.8 Å². The number of fused-ring (bicyclic) bond motifs is 1. The van der Waals surface area contributed by atoms with Crippen LogP contribution < -0.4 is 10.2 Å². The molecule has 0 amide bonds. The SMILES string of the molecule is Cc1ncccc1C(=O)c1coc2cc(Oc3ccccc3)ccc2c1=O. The predicted molar refractivity (Wildman–Crippen MR) is 101 cm³/mol. The van der Waals surface area contributed by atoms with Crippen LogP contribution in [0.5, 0.6) is 11.5 Å². The number of aromatic nitrogens is 1. The van der Waals surface area contributed by atoms with Crippen molar-refractivity contribution in [3.05, 3.63) is 100 Å². The van der Waals surface area contributed by atoms with Crippen molar-refractivity contribution in [3.8, 4) is 11.5 Å². The number of benzene rings is 2. The molecule has 0 bridgehead atoms. The largest absolute Gasteiger partial charge is 0.463 e. The van der Waals surface area contributed by atoms with Crippen molar-refractivity contribution in [1.82, 2.24) is 4.98 Å². The normalized spacial score (nSPS) is 10.7. The molecule has 0 radical (unpaired) electrons. The number of ketones is 1. The molecular weight excluding hydrogens is 342 g/mol. The summed E-state index contributed by atoms with van der Waals surface area (Å²) in [5.41, 5.74) is 0.903. The molecule has 0 fully saturated rings. The molecule has 4 rings (SSSR count). The number of para-hydroxylation sites is 1. The van der Waals surface area contributed by atoms with Gasteiger partial charge in [-0.3, -0.25) is 14.6 Å². The molecule has 132 valence electrons. The van der Waals surface area contributed by atoms with Gasteiger partial charge in [-0.05, 0) is 43.3 Å². The van der Waals surface area contributed by atoms with E-state index in [1.807, 2.05) is 30.3 Å². The molecule has 0 aliphatic rings. The molecule has 2 heterocycles. The Morgan fingerprint density at radius 3 is 2.56 bits per heavy atom. The average molecular weight is 357 g/mol. The van der Waals surface area contributed by atoms with E-state index in [1.165, 1.54) is 6.26 Å². The van der Waals surface area contributed by atoms with E-state index in [9.17, 15) is 9.59 Å². The quantitative estimate of drug-likeness (QED) is 0.502. The fraction of sp³-hybridized carbons (Fsp3) is 0.0455. The molecule has 0 aliphatic heterocycles. The van der Waals surface area contributed by atoms with Gasteiger partial charge in [0, 0.05) is 23.5 Å². The molecule has 0 unspecified atom stereocenters. The Labute approximate surface area is 154 Å². The molecule has 0 spiro atoms. The first-order valence-electron chi connectivity index (χ1n) is 8.38. The van der Waals surface area contributed by atoms with Crippen LogP contribution in [0.3, 0.4) is 0 Å². The zero-order valence-corrected chi connectivity index (χ0v) is 14.5. The van der Waals surface area contributed by atoms with Gasteiger partial charge in [-0.1, -0.05) is 18.2 Å². The van der Waals surface area contributed by atoms with Crippen LogP contribution in [0, 0.1) is 6.92 Å². The highest BCUT2D eigenvalue weighted by molar-refractivity contribution is 6.10. The van der Waals surface area contributed by atoms with Crippen LogP contribution in [0.1, 0.15) is 21.6 Å². The van der Waals surface area contributed by atoms with Crippen LogP contribution in [0.4, 0.5) is 0 Å². The van der Waals surface area contributed by atoms with Gasteiger partial charge >= 0.3 is 0 Å². The first-order chi connectivity index (χ1) is 13.1. The van der Waals surface area contributed by atoms with Gasteiger partial charge in [0.25, 0.3) is 0 Å². The highest BCUT2D eigenvalue weighted by atomic mass is 16.5. The van der Waals surface area contributed by atoms with Crippen LogP contribution in [0.2, 0.25) is 0 Å². The second-order valence-electron chi connectivity index (χ2n) is 6.02. The van der Waals surface area contributed by atoms with Crippen LogP contribution in [-0.4, -0.2) is 10.8 Å². The van der Waals surface area contributed by atoms with E-state index in [2.05, 4.69) is 4.98 Å². The van der Waals surface area contributed by atoms with Gasteiger partial charge in [0.05, 0.1) is 5.39 Å². The summed E-state index contributed by atoms with van der Waals surface area (Å²) >= 11 is 0. The van der Waals surface area contributed by atoms with E-state index in [-0.39, 0.29) is 11.0 Å². The lowest BCUT2D eigenvalue weighted by Crippen LogP contribution is -2.16. The summed E-state index contributed by atoms with van der Waals surface area (Å²) in [6, 6.07) is 17.5. The van der Waals surface area contributed by atoms with Crippen LogP contribution >= 0.6 is 0 Å². The molecule has 0 aliphatic carbocycles. The van der Waals surface area contributed by atoms with Gasteiger partial charge in [-0.15, -0.1) is 0 Å². The van der Waals surface area contributed by atoms with Crippen LogP contribution in [-0.2, 0) is 0 Å². The zero-order valence-electron chi connectivity index (χ0n) is 14.5. The Morgan fingerprint density at radius 1 is 0.963 bits per heavy atom. The summed E-state index contributed by atoms with van der Waals surface area (Å²) in [6.07, 6.45) is 2.80. The van der Waals surface area contributed by atoms with E-state index >= 15 is 0 Å². The number of ether oxygens (including phenoxy) is 1. The Kier molecular flexibility index (Phi) is 4.26. The summed E-state index contributed by atoms with van der Waals surface area (Å²) in [4.78, 5) is 29.6. The minimum absolute atomic E-state index is 0.0182. The second kappa shape index (κ2) is 6.88. The number of aryl methyl sites for hydroxylation is 1. The Morgan fingerprint density at radius 2 is 1.78 bits per heavy atom. The first-order valence-corrected chi connectivity index (χ1v) is 8.38. The summed E-state index contributed by atoms with van der Waals surface area (Å²) in [7, 11) is 0. The van der Waals surface area contributed by atoms with Gasteiger partial charge in [-0.25, -0.2) is 0 Å². The average Bonchev–Trinajstić information content (AvgIpc) is 2.69. The molecule has 0 saturated carbocycles. The van der Waals surface area contributed by atoms with Crippen molar-refractivity contribution in [3.63, 3.8) is 0 Å². The van der Waals surface area contributed by atoms with Crippen molar-refractivity contribution in [2.24, 2.45) is 0 Å². The lowest BCUT2D eigenvalue weighted by Gasteiger charge is -2.07. The molecule has 5 nitrogen and oxygen atoms in total. The molecule has 27 heavy (non-hydrogen) atoms. The fourth-order valence-corrected chi connectivity index (χ4v) is 2.82. The molecule has 5 heteroatoms. The van der Waals surface area contributed by atoms with Crippen LogP contribution in [0.15, 0.2) is 82.3 Å². The van der Waals surface area contributed by atoms with E-state index in [0.29, 0.717) is 33.7 Å². The number of nitrogens with zero attached hydrogens (tertiary/aromatic N) is 1. The van der Waals surface area contributed by atoms with Gasteiger partial charge in [-0.2, -0.15) is 0 Å². The fourth-order valence-electron chi connectivity index (χ4n) is 2.82. The monoisotopic (exact) mass is 357 g/mol. The van der Waals surface area contributed by atoms with Gasteiger partial charge in [0.15, 0.2) is 0 Å². The maximum Gasteiger partial charge on any atom is 0.203 e. The summed E-state index contributed by atoms with van der Waals surface area (Å²) in [5, 5.41) is 0.322.